The second-order valence-corrected chi connectivity index (χ2v) is 5.66. The number of nitrogens with one attached hydrogen (secondary N) is 2. The first-order valence-electron chi connectivity index (χ1n) is 7.41. The van der Waals surface area contributed by atoms with E-state index in [1.165, 1.54) is 11.3 Å². The smallest absolute Gasteiger partial charge is 0.253 e. The molecular weight excluding hydrogens is 266 g/mol. The molecule has 1 atom stereocenters. The predicted molar refractivity (Wildman–Crippen MR) is 83.3 cm³/mol. The highest BCUT2D eigenvalue weighted by Crippen LogP contribution is 2.14. The molecule has 1 heterocycles. The molecule has 2 amide bonds. The summed E-state index contributed by atoms with van der Waals surface area (Å²) < 4.78 is 0. The number of hydrogen-bond acceptors (Lipinski definition) is 3. The first-order chi connectivity index (χ1) is 10.1. The molecular formula is C16H23N3O2. The highest BCUT2D eigenvalue weighted by atomic mass is 16.2. The van der Waals surface area contributed by atoms with Crippen LogP contribution in [0, 0.1) is 0 Å². The maximum absolute atomic E-state index is 11.9. The maximum atomic E-state index is 11.9. The van der Waals surface area contributed by atoms with E-state index in [9.17, 15) is 9.59 Å². The van der Waals surface area contributed by atoms with Gasteiger partial charge in [-0.2, -0.15) is 0 Å². The van der Waals surface area contributed by atoms with E-state index in [-0.39, 0.29) is 11.8 Å². The molecule has 2 rings (SSSR count). The Bertz CT molecular complexity index is 491. The average Bonchev–Trinajstić information content (AvgIpc) is 2.98. The van der Waals surface area contributed by atoms with Gasteiger partial charge < -0.3 is 15.5 Å². The summed E-state index contributed by atoms with van der Waals surface area (Å²) in [4.78, 5) is 25.2. The summed E-state index contributed by atoms with van der Waals surface area (Å²) >= 11 is 0. The van der Waals surface area contributed by atoms with Crippen molar-refractivity contribution in [2.45, 2.75) is 31.7 Å². The number of benzene rings is 1. The number of amides is 2. The van der Waals surface area contributed by atoms with E-state index >= 15 is 0 Å². The molecule has 1 unspecified atom stereocenters. The standard InChI is InChI=1S/C16H23N3O2/c1-19(2)16(21)12-5-7-14(8-6-12)18-15(20)10-9-13-4-3-11-17-13/h5-8,13,17H,3-4,9-11H2,1-2H3,(H,18,20). The summed E-state index contributed by atoms with van der Waals surface area (Å²) in [5.74, 6) is -0.0180. The molecule has 114 valence electrons. The molecule has 1 aliphatic rings. The first-order valence-corrected chi connectivity index (χ1v) is 7.41. The van der Waals surface area contributed by atoms with Gasteiger partial charge in [-0.1, -0.05) is 0 Å². The molecule has 0 radical (unpaired) electrons. The molecule has 0 spiro atoms. The van der Waals surface area contributed by atoms with E-state index in [0.717, 1.165) is 25.1 Å². The zero-order valence-corrected chi connectivity index (χ0v) is 12.7. The summed E-state index contributed by atoms with van der Waals surface area (Å²) in [7, 11) is 3.43. The van der Waals surface area contributed by atoms with Crippen LogP contribution in [0.15, 0.2) is 24.3 Å². The van der Waals surface area contributed by atoms with Gasteiger partial charge >= 0.3 is 0 Å². The average molecular weight is 289 g/mol. The summed E-state index contributed by atoms with van der Waals surface area (Å²) in [6, 6.07) is 7.48. The van der Waals surface area contributed by atoms with Crippen LogP contribution in [0.5, 0.6) is 0 Å². The van der Waals surface area contributed by atoms with Crippen molar-refractivity contribution in [2.75, 3.05) is 26.0 Å². The van der Waals surface area contributed by atoms with Crippen LogP contribution in [0.1, 0.15) is 36.0 Å². The molecule has 1 fully saturated rings. The molecule has 0 bridgehead atoms. The van der Waals surface area contributed by atoms with Gasteiger partial charge in [0.2, 0.25) is 5.91 Å². The number of nitrogens with zero attached hydrogens (tertiary/aromatic N) is 1. The van der Waals surface area contributed by atoms with Crippen molar-refractivity contribution in [3.8, 4) is 0 Å². The Morgan fingerprint density at radius 3 is 2.57 bits per heavy atom. The molecule has 21 heavy (non-hydrogen) atoms. The van der Waals surface area contributed by atoms with Gasteiger partial charge in [-0.05, 0) is 50.1 Å². The molecule has 5 nitrogen and oxygen atoms in total. The van der Waals surface area contributed by atoms with E-state index in [1.54, 1.807) is 38.4 Å². The lowest BCUT2D eigenvalue weighted by atomic mass is 10.1. The first kappa shape index (κ1) is 15.5. The Labute approximate surface area is 125 Å². The van der Waals surface area contributed by atoms with Crippen LogP contribution in [0.3, 0.4) is 0 Å². The van der Waals surface area contributed by atoms with Crippen molar-refractivity contribution in [1.82, 2.24) is 10.2 Å². The highest BCUT2D eigenvalue weighted by Gasteiger charge is 2.15. The fourth-order valence-electron chi connectivity index (χ4n) is 2.49. The minimum Gasteiger partial charge on any atom is -0.345 e. The Hall–Kier alpha value is -1.88. The third-order valence-electron chi connectivity index (χ3n) is 3.70. The third kappa shape index (κ3) is 4.56. The minimum atomic E-state index is -0.0415. The quantitative estimate of drug-likeness (QED) is 0.870. The zero-order chi connectivity index (χ0) is 15.2. The maximum Gasteiger partial charge on any atom is 0.253 e. The van der Waals surface area contributed by atoms with Crippen molar-refractivity contribution >= 4 is 17.5 Å². The zero-order valence-electron chi connectivity index (χ0n) is 12.7. The Kier molecular flexibility index (Phi) is 5.33. The lowest BCUT2D eigenvalue weighted by molar-refractivity contribution is -0.116. The molecule has 0 saturated carbocycles. The van der Waals surface area contributed by atoms with Crippen LogP contribution in [0.25, 0.3) is 0 Å². The van der Waals surface area contributed by atoms with Crippen molar-refractivity contribution in [3.05, 3.63) is 29.8 Å². The lowest BCUT2D eigenvalue weighted by Crippen LogP contribution is -2.23. The van der Waals surface area contributed by atoms with Crippen LogP contribution < -0.4 is 10.6 Å². The fourth-order valence-corrected chi connectivity index (χ4v) is 2.49. The van der Waals surface area contributed by atoms with E-state index in [1.807, 2.05) is 0 Å². The summed E-state index contributed by atoms with van der Waals surface area (Å²) in [6.07, 6.45) is 3.77. The van der Waals surface area contributed by atoms with E-state index in [2.05, 4.69) is 10.6 Å². The molecule has 5 heteroatoms. The van der Waals surface area contributed by atoms with Gasteiger partial charge in [-0.3, -0.25) is 9.59 Å². The van der Waals surface area contributed by atoms with Crippen molar-refractivity contribution < 1.29 is 9.59 Å². The van der Waals surface area contributed by atoms with Crippen LogP contribution in [0.4, 0.5) is 5.69 Å². The van der Waals surface area contributed by atoms with Crippen LogP contribution in [-0.2, 0) is 4.79 Å². The number of hydrogen-bond donors (Lipinski definition) is 2. The largest absolute Gasteiger partial charge is 0.345 e. The van der Waals surface area contributed by atoms with E-state index in [4.69, 9.17) is 0 Å². The molecule has 2 N–H and O–H groups in total. The van der Waals surface area contributed by atoms with Gasteiger partial charge in [0.25, 0.3) is 5.91 Å². The fraction of sp³-hybridized carbons (Fsp3) is 0.500. The van der Waals surface area contributed by atoms with Crippen LogP contribution >= 0.6 is 0 Å². The predicted octanol–water partition coefficient (Wildman–Crippen LogP) is 1.86. The molecule has 0 aromatic heterocycles. The van der Waals surface area contributed by atoms with Gasteiger partial charge in [0.15, 0.2) is 0 Å². The normalized spacial score (nSPS) is 17.5. The lowest BCUT2D eigenvalue weighted by Gasteiger charge is -2.12. The molecule has 1 aliphatic heterocycles. The number of anilines is 1. The Morgan fingerprint density at radius 1 is 1.29 bits per heavy atom. The van der Waals surface area contributed by atoms with Gasteiger partial charge in [0.05, 0.1) is 0 Å². The van der Waals surface area contributed by atoms with Crippen LogP contribution in [-0.4, -0.2) is 43.4 Å². The van der Waals surface area contributed by atoms with Crippen molar-refractivity contribution in [2.24, 2.45) is 0 Å². The molecule has 1 aromatic rings. The van der Waals surface area contributed by atoms with Gasteiger partial charge in [-0.25, -0.2) is 0 Å². The Morgan fingerprint density at radius 2 is 2.00 bits per heavy atom. The van der Waals surface area contributed by atoms with Crippen molar-refractivity contribution in [1.29, 1.82) is 0 Å². The summed E-state index contributed by atoms with van der Waals surface area (Å²) in [6.45, 7) is 1.06. The van der Waals surface area contributed by atoms with Crippen LogP contribution in [0.2, 0.25) is 0 Å². The van der Waals surface area contributed by atoms with Gasteiger partial charge in [-0.15, -0.1) is 0 Å². The van der Waals surface area contributed by atoms with Gasteiger partial charge in [0.1, 0.15) is 0 Å². The third-order valence-corrected chi connectivity index (χ3v) is 3.70. The summed E-state index contributed by atoms with van der Waals surface area (Å²) in [5.41, 5.74) is 1.35. The van der Waals surface area contributed by atoms with E-state index in [0.29, 0.717) is 18.0 Å². The second-order valence-electron chi connectivity index (χ2n) is 5.66. The van der Waals surface area contributed by atoms with Gasteiger partial charge in [0, 0.05) is 37.8 Å². The topological polar surface area (TPSA) is 61.4 Å². The van der Waals surface area contributed by atoms with E-state index < -0.39 is 0 Å². The number of carbonyl (C=O) groups is 2. The highest BCUT2D eigenvalue weighted by molar-refractivity contribution is 5.95. The second kappa shape index (κ2) is 7.22. The SMILES string of the molecule is CN(C)C(=O)c1ccc(NC(=O)CCC2CCCN2)cc1. The monoisotopic (exact) mass is 289 g/mol. The summed E-state index contributed by atoms with van der Waals surface area (Å²) in [5, 5.41) is 6.25. The Balaban J connectivity index is 1.82. The number of rotatable bonds is 5. The van der Waals surface area contributed by atoms with Crippen molar-refractivity contribution in [3.63, 3.8) is 0 Å². The minimum absolute atomic E-state index is 0.0235. The number of carbonyl (C=O) groups excluding carboxylic acids is 2. The molecule has 0 aliphatic carbocycles. The molecule has 1 saturated heterocycles. The molecule has 1 aromatic carbocycles.